The molecular weight excluding hydrogens is 318 g/mol. The molecule has 3 aromatic rings. The van der Waals surface area contributed by atoms with Crippen LogP contribution in [-0.4, -0.2) is 14.2 Å². The van der Waals surface area contributed by atoms with E-state index in [1.807, 2.05) is 48.1 Å². The second-order valence-corrected chi connectivity index (χ2v) is 5.80. The Bertz CT molecular complexity index is 819. The third-order valence-electron chi connectivity index (χ3n) is 3.26. The van der Waals surface area contributed by atoms with E-state index >= 15 is 0 Å². The van der Waals surface area contributed by atoms with Gasteiger partial charge in [0, 0.05) is 12.4 Å². The molecule has 0 aliphatic rings. The second kappa shape index (κ2) is 6.18. The molecule has 5 nitrogen and oxygen atoms in total. The number of hydrogen-bond donors (Lipinski definition) is 1. The molecule has 3 rings (SSSR count). The summed E-state index contributed by atoms with van der Waals surface area (Å²) in [7, 11) is 0. The fraction of sp³-hybridized carbons (Fsp3) is 0.133. The van der Waals surface area contributed by atoms with Crippen LogP contribution < -0.4 is 5.32 Å². The van der Waals surface area contributed by atoms with Crippen molar-refractivity contribution in [3.05, 3.63) is 59.0 Å². The molecule has 0 amide bonds. The maximum absolute atomic E-state index is 9.15. The first-order chi connectivity index (χ1) is 10.7. The number of nitrogens with zero attached hydrogens (tertiary/aromatic N) is 4. The lowest BCUT2D eigenvalue weighted by atomic mass is 10.1. The van der Waals surface area contributed by atoms with Gasteiger partial charge in [-0.1, -0.05) is 29.8 Å². The molecule has 0 spiro atoms. The Morgan fingerprint density at radius 1 is 1.36 bits per heavy atom. The number of para-hydroxylation sites is 1. The molecule has 0 aliphatic heterocycles. The number of halogens is 1. The zero-order valence-corrected chi connectivity index (χ0v) is 13.3. The molecule has 110 valence electrons. The van der Waals surface area contributed by atoms with Gasteiger partial charge in [0.15, 0.2) is 5.15 Å². The fourth-order valence-corrected chi connectivity index (χ4v) is 3.24. The van der Waals surface area contributed by atoms with Crippen molar-refractivity contribution in [2.45, 2.75) is 13.0 Å². The molecule has 2 aromatic heterocycles. The van der Waals surface area contributed by atoms with Crippen molar-refractivity contribution in [3.8, 4) is 11.8 Å². The van der Waals surface area contributed by atoms with Gasteiger partial charge >= 0.3 is 0 Å². The van der Waals surface area contributed by atoms with Crippen molar-refractivity contribution in [1.82, 2.24) is 14.2 Å². The number of nitriles is 1. The number of rotatable bonds is 4. The zero-order valence-electron chi connectivity index (χ0n) is 11.7. The highest BCUT2D eigenvalue weighted by atomic mass is 35.5. The van der Waals surface area contributed by atoms with Crippen LogP contribution in [0.25, 0.3) is 5.69 Å². The first-order valence-electron chi connectivity index (χ1n) is 6.61. The minimum Gasteiger partial charge on any atom is -0.368 e. The largest absolute Gasteiger partial charge is 0.368 e. The van der Waals surface area contributed by atoms with Crippen LogP contribution in [0, 0.1) is 11.3 Å². The highest BCUT2D eigenvalue weighted by Crippen LogP contribution is 2.32. The number of hydrogen-bond acceptors (Lipinski definition) is 5. The summed E-state index contributed by atoms with van der Waals surface area (Å²) in [4.78, 5) is 0. The number of aromatic nitrogens is 3. The maximum atomic E-state index is 9.15. The molecule has 7 heteroatoms. The smallest absolute Gasteiger partial charge is 0.162 e. The molecule has 1 aromatic carbocycles. The highest BCUT2D eigenvalue weighted by Gasteiger charge is 2.17. The van der Waals surface area contributed by atoms with Crippen LogP contribution in [0.4, 0.5) is 5.00 Å². The van der Waals surface area contributed by atoms with Crippen molar-refractivity contribution in [3.63, 3.8) is 0 Å². The number of nitrogens with one attached hydrogen (secondary N) is 1. The molecule has 0 saturated carbocycles. The molecule has 1 N–H and O–H groups in total. The predicted molar refractivity (Wildman–Crippen MR) is 87.4 cm³/mol. The van der Waals surface area contributed by atoms with Crippen LogP contribution in [0.5, 0.6) is 0 Å². The molecule has 2 heterocycles. The van der Waals surface area contributed by atoms with E-state index in [1.54, 1.807) is 6.20 Å². The molecule has 0 fully saturated rings. The summed E-state index contributed by atoms with van der Waals surface area (Å²) in [6.45, 7) is 2.02. The quantitative estimate of drug-likeness (QED) is 0.784. The SMILES string of the molecule is CC(Nc1snc(Cl)c1C#N)c1ccccc1-n1cccn1. The Morgan fingerprint density at radius 2 is 2.18 bits per heavy atom. The summed E-state index contributed by atoms with van der Waals surface area (Å²) >= 11 is 7.10. The normalized spacial score (nSPS) is 11.9. The minimum atomic E-state index is -0.0241. The molecule has 22 heavy (non-hydrogen) atoms. The van der Waals surface area contributed by atoms with E-state index in [0.717, 1.165) is 11.3 Å². The molecule has 1 unspecified atom stereocenters. The lowest BCUT2D eigenvalue weighted by molar-refractivity contribution is 0.819. The van der Waals surface area contributed by atoms with E-state index in [-0.39, 0.29) is 11.2 Å². The van der Waals surface area contributed by atoms with E-state index in [9.17, 15) is 0 Å². The van der Waals surface area contributed by atoms with Gasteiger partial charge in [-0.15, -0.1) is 0 Å². The average molecular weight is 330 g/mol. The lowest BCUT2D eigenvalue weighted by Gasteiger charge is -2.18. The summed E-state index contributed by atoms with van der Waals surface area (Å²) in [5, 5.41) is 17.7. The third-order valence-corrected chi connectivity index (χ3v) is 4.42. The van der Waals surface area contributed by atoms with Gasteiger partial charge in [0.05, 0.1) is 11.7 Å². The average Bonchev–Trinajstić information content (AvgIpc) is 3.17. The molecule has 0 bridgehead atoms. The van der Waals surface area contributed by atoms with E-state index in [2.05, 4.69) is 20.9 Å². The van der Waals surface area contributed by atoms with Gasteiger partial charge in [0.2, 0.25) is 0 Å². The molecular formula is C15H12ClN5S. The van der Waals surface area contributed by atoms with E-state index in [1.165, 1.54) is 11.5 Å². The van der Waals surface area contributed by atoms with Crippen LogP contribution in [0.2, 0.25) is 5.15 Å². The Balaban J connectivity index is 1.93. The second-order valence-electron chi connectivity index (χ2n) is 4.66. The topological polar surface area (TPSA) is 66.5 Å². The Morgan fingerprint density at radius 3 is 2.91 bits per heavy atom. The maximum Gasteiger partial charge on any atom is 0.162 e. The van der Waals surface area contributed by atoms with Gasteiger partial charge in [-0.3, -0.25) is 0 Å². The Kier molecular flexibility index (Phi) is 4.09. The summed E-state index contributed by atoms with van der Waals surface area (Å²) in [6.07, 6.45) is 3.64. The first-order valence-corrected chi connectivity index (χ1v) is 7.76. The van der Waals surface area contributed by atoms with E-state index in [0.29, 0.717) is 10.6 Å². The highest BCUT2D eigenvalue weighted by molar-refractivity contribution is 7.10. The number of anilines is 1. The van der Waals surface area contributed by atoms with Gasteiger partial charge in [-0.25, -0.2) is 4.68 Å². The molecule has 0 radical (unpaired) electrons. The van der Waals surface area contributed by atoms with Crippen LogP contribution in [-0.2, 0) is 0 Å². The van der Waals surface area contributed by atoms with Crippen LogP contribution >= 0.6 is 23.1 Å². The van der Waals surface area contributed by atoms with Gasteiger partial charge in [-0.2, -0.15) is 14.7 Å². The standard InChI is InChI=1S/C15H12ClN5S/c1-10(19-15-12(9-17)14(16)20-22-15)11-5-2-3-6-13(11)21-8-4-7-18-21/h2-8,10,19H,1H3. The molecule has 1 atom stereocenters. The van der Waals surface area contributed by atoms with Gasteiger partial charge in [0.1, 0.15) is 16.6 Å². The first kappa shape index (κ1) is 14.6. The zero-order chi connectivity index (χ0) is 15.5. The van der Waals surface area contributed by atoms with Crippen LogP contribution in [0.3, 0.4) is 0 Å². The summed E-state index contributed by atoms with van der Waals surface area (Å²) in [6, 6.07) is 11.9. The fourth-order valence-electron chi connectivity index (χ4n) is 2.21. The molecule has 0 aliphatic carbocycles. The summed E-state index contributed by atoms with van der Waals surface area (Å²) in [5.41, 5.74) is 2.44. The third kappa shape index (κ3) is 2.69. The van der Waals surface area contributed by atoms with Crippen molar-refractivity contribution in [2.75, 3.05) is 5.32 Å². The van der Waals surface area contributed by atoms with Gasteiger partial charge < -0.3 is 5.32 Å². The van der Waals surface area contributed by atoms with Crippen LogP contribution in [0.1, 0.15) is 24.1 Å². The van der Waals surface area contributed by atoms with E-state index < -0.39 is 0 Å². The van der Waals surface area contributed by atoms with Crippen molar-refractivity contribution >= 4 is 28.1 Å². The summed E-state index contributed by atoms with van der Waals surface area (Å²) < 4.78 is 5.83. The van der Waals surface area contributed by atoms with Crippen molar-refractivity contribution in [1.29, 1.82) is 5.26 Å². The van der Waals surface area contributed by atoms with Gasteiger partial charge in [-0.05, 0) is 36.2 Å². The minimum absolute atomic E-state index is 0.0241. The monoisotopic (exact) mass is 329 g/mol. The Hall–Kier alpha value is -2.36. The molecule has 0 saturated heterocycles. The van der Waals surface area contributed by atoms with E-state index in [4.69, 9.17) is 16.9 Å². The van der Waals surface area contributed by atoms with Crippen LogP contribution in [0.15, 0.2) is 42.7 Å². The lowest BCUT2D eigenvalue weighted by Crippen LogP contribution is -2.10. The Labute approximate surface area is 136 Å². The van der Waals surface area contributed by atoms with Crippen molar-refractivity contribution < 1.29 is 0 Å². The number of benzene rings is 1. The van der Waals surface area contributed by atoms with Gasteiger partial charge in [0.25, 0.3) is 0 Å². The van der Waals surface area contributed by atoms with Crippen molar-refractivity contribution in [2.24, 2.45) is 0 Å². The predicted octanol–water partition coefficient (Wildman–Crippen LogP) is 4.03. The summed E-state index contributed by atoms with van der Waals surface area (Å²) in [5.74, 6) is 0.